The zero-order valence-electron chi connectivity index (χ0n) is 17.7. The first-order valence-corrected chi connectivity index (χ1v) is 11.3. The van der Waals surface area contributed by atoms with Crippen LogP contribution in [0.1, 0.15) is 63.8 Å². The molecule has 3 rings (SSSR count). The van der Waals surface area contributed by atoms with Crippen LogP contribution >= 0.6 is 0 Å². The van der Waals surface area contributed by atoms with E-state index in [1.54, 1.807) is 12.1 Å². The van der Waals surface area contributed by atoms with Crippen LogP contribution in [-0.2, 0) is 28.3 Å². The summed E-state index contributed by atoms with van der Waals surface area (Å²) in [6.07, 6.45) is 1.66. The van der Waals surface area contributed by atoms with Gasteiger partial charge in [0.2, 0.25) is 0 Å². The quantitative estimate of drug-likeness (QED) is 0.714. The molecular weight excluding hydrogens is 368 g/mol. The maximum atomic E-state index is 13.2. The van der Waals surface area contributed by atoms with E-state index in [0.29, 0.717) is 12.1 Å². The number of nitriles is 1. The minimum atomic E-state index is -3.63. The SMILES string of the molecule is CC.CCc1cc2c(cc1C(C)(C)C)N(S(=O)(=O)c1ccc(C#N)cc1)CC2. The van der Waals surface area contributed by atoms with Gasteiger partial charge >= 0.3 is 0 Å². The van der Waals surface area contributed by atoms with Gasteiger partial charge in [0.05, 0.1) is 22.2 Å². The summed E-state index contributed by atoms with van der Waals surface area (Å²) >= 11 is 0. The molecule has 150 valence electrons. The topological polar surface area (TPSA) is 61.2 Å². The number of anilines is 1. The first-order valence-electron chi connectivity index (χ1n) is 9.87. The molecule has 28 heavy (non-hydrogen) atoms. The van der Waals surface area contributed by atoms with Crippen molar-refractivity contribution < 1.29 is 8.42 Å². The van der Waals surface area contributed by atoms with Gasteiger partial charge in [-0.3, -0.25) is 4.31 Å². The Morgan fingerprint density at radius 2 is 1.71 bits per heavy atom. The molecule has 1 aliphatic rings. The van der Waals surface area contributed by atoms with Crippen LogP contribution in [-0.4, -0.2) is 15.0 Å². The molecule has 0 N–H and O–H groups in total. The van der Waals surface area contributed by atoms with Crippen molar-refractivity contribution in [1.29, 1.82) is 5.26 Å². The molecule has 0 radical (unpaired) electrons. The summed E-state index contributed by atoms with van der Waals surface area (Å²) in [4.78, 5) is 0.223. The third-order valence-electron chi connectivity index (χ3n) is 4.92. The number of rotatable bonds is 3. The standard InChI is InChI=1S/C21H24N2O2S.C2H6/c1-5-16-12-17-10-11-23(20(17)13-19(16)21(2,3)4)26(24,25)18-8-6-15(14-22)7-9-18;1-2/h6-9,12-13H,5,10-11H2,1-4H3;1-2H3. The maximum Gasteiger partial charge on any atom is 0.264 e. The van der Waals surface area contributed by atoms with Gasteiger partial charge in [0.15, 0.2) is 0 Å². The fourth-order valence-electron chi connectivity index (χ4n) is 3.53. The van der Waals surface area contributed by atoms with Crippen LogP contribution in [0.2, 0.25) is 0 Å². The Morgan fingerprint density at radius 3 is 2.21 bits per heavy atom. The molecule has 1 heterocycles. The van der Waals surface area contributed by atoms with E-state index in [1.807, 2.05) is 19.9 Å². The van der Waals surface area contributed by atoms with E-state index < -0.39 is 10.0 Å². The van der Waals surface area contributed by atoms with Crippen molar-refractivity contribution in [2.75, 3.05) is 10.8 Å². The summed E-state index contributed by atoms with van der Waals surface area (Å²) in [6.45, 7) is 13.1. The molecule has 0 unspecified atom stereocenters. The molecule has 0 amide bonds. The molecule has 2 aromatic rings. The van der Waals surface area contributed by atoms with Crippen LogP contribution in [0.15, 0.2) is 41.3 Å². The number of benzene rings is 2. The smallest absolute Gasteiger partial charge is 0.264 e. The van der Waals surface area contributed by atoms with Crippen LogP contribution in [0.25, 0.3) is 0 Å². The second kappa shape index (κ2) is 8.36. The molecule has 4 nitrogen and oxygen atoms in total. The van der Waals surface area contributed by atoms with Crippen LogP contribution in [0, 0.1) is 11.3 Å². The maximum absolute atomic E-state index is 13.2. The molecule has 0 saturated carbocycles. The van der Waals surface area contributed by atoms with Gasteiger partial charge < -0.3 is 0 Å². The molecule has 0 saturated heterocycles. The zero-order chi connectivity index (χ0) is 21.1. The Labute approximate surface area is 169 Å². The number of hydrogen-bond donors (Lipinski definition) is 0. The lowest BCUT2D eigenvalue weighted by molar-refractivity contribution is 0.582. The minimum absolute atomic E-state index is 0.0488. The van der Waals surface area contributed by atoms with Crippen molar-refractivity contribution in [2.24, 2.45) is 0 Å². The Balaban J connectivity index is 0.00000136. The van der Waals surface area contributed by atoms with Gasteiger partial charge in [-0.2, -0.15) is 5.26 Å². The summed E-state index contributed by atoms with van der Waals surface area (Å²) < 4.78 is 27.8. The molecule has 0 aromatic heterocycles. The lowest BCUT2D eigenvalue weighted by atomic mass is 9.82. The van der Waals surface area contributed by atoms with Crippen LogP contribution in [0.3, 0.4) is 0 Å². The molecule has 0 spiro atoms. The number of nitrogens with zero attached hydrogens (tertiary/aromatic N) is 2. The number of sulfonamides is 1. The van der Waals surface area contributed by atoms with Gasteiger partial charge in [0.25, 0.3) is 10.0 Å². The molecule has 1 aliphatic heterocycles. The lowest BCUT2D eigenvalue weighted by Crippen LogP contribution is -2.29. The lowest BCUT2D eigenvalue weighted by Gasteiger charge is -2.26. The first-order chi connectivity index (χ1) is 13.2. The van der Waals surface area contributed by atoms with Crippen molar-refractivity contribution in [3.05, 3.63) is 58.7 Å². The average molecular weight is 399 g/mol. The Hall–Kier alpha value is -2.32. The van der Waals surface area contributed by atoms with Crippen molar-refractivity contribution in [2.45, 2.75) is 64.7 Å². The predicted octanol–water partition coefficient (Wildman–Crippen LogP) is 5.20. The molecule has 5 heteroatoms. The van der Waals surface area contributed by atoms with E-state index in [0.717, 1.165) is 24.1 Å². The third kappa shape index (κ3) is 4.07. The Morgan fingerprint density at radius 1 is 1.11 bits per heavy atom. The van der Waals surface area contributed by atoms with Crippen molar-refractivity contribution in [3.63, 3.8) is 0 Å². The highest BCUT2D eigenvalue weighted by molar-refractivity contribution is 7.92. The Bertz CT molecular complexity index is 979. The summed E-state index contributed by atoms with van der Waals surface area (Å²) in [6, 6.07) is 12.4. The van der Waals surface area contributed by atoms with Gasteiger partial charge in [-0.05, 0) is 65.3 Å². The number of hydrogen-bond acceptors (Lipinski definition) is 3. The third-order valence-corrected chi connectivity index (χ3v) is 6.75. The normalized spacial score (nSPS) is 13.4. The second-order valence-electron chi connectivity index (χ2n) is 7.70. The van der Waals surface area contributed by atoms with E-state index in [1.165, 1.54) is 27.6 Å². The van der Waals surface area contributed by atoms with Crippen molar-refractivity contribution >= 4 is 15.7 Å². The van der Waals surface area contributed by atoms with Gasteiger partial charge in [0, 0.05) is 6.54 Å². The average Bonchev–Trinajstić information content (AvgIpc) is 3.11. The van der Waals surface area contributed by atoms with Gasteiger partial charge in [0.1, 0.15) is 0 Å². The molecular formula is C23H30N2O2S. The Kier molecular flexibility index (Phi) is 6.56. The predicted molar refractivity (Wildman–Crippen MR) is 115 cm³/mol. The van der Waals surface area contributed by atoms with Crippen molar-refractivity contribution in [3.8, 4) is 6.07 Å². The number of aryl methyl sites for hydroxylation is 1. The highest BCUT2D eigenvalue weighted by Gasteiger charge is 2.33. The molecule has 0 atom stereocenters. The zero-order valence-corrected chi connectivity index (χ0v) is 18.5. The summed E-state index contributed by atoms with van der Waals surface area (Å²) in [5, 5.41) is 8.92. The highest BCUT2D eigenvalue weighted by atomic mass is 32.2. The van der Waals surface area contributed by atoms with Crippen LogP contribution < -0.4 is 4.31 Å². The van der Waals surface area contributed by atoms with E-state index in [9.17, 15) is 8.42 Å². The van der Waals surface area contributed by atoms with E-state index in [4.69, 9.17) is 5.26 Å². The fourth-order valence-corrected chi connectivity index (χ4v) is 5.02. The first kappa shape index (κ1) is 22.0. The van der Waals surface area contributed by atoms with Gasteiger partial charge in [-0.1, -0.05) is 47.6 Å². The summed E-state index contributed by atoms with van der Waals surface area (Å²) in [7, 11) is -3.63. The largest absolute Gasteiger partial charge is 0.266 e. The van der Waals surface area contributed by atoms with Gasteiger partial charge in [-0.25, -0.2) is 8.42 Å². The molecule has 0 fully saturated rings. The molecule has 0 bridgehead atoms. The van der Waals surface area contributed by atoms with Gasteiger partial charge in [-0.15, -0.1) is 0 Å². The van der Waals surface area contributed by atoms with E-state index in [-0.39, 0.29) is 10.3 Å². The molecule has 2 aromatic carbocycles. The van der Waals surface area contributed by atoms with Crippen LogP contribution in [0.4, 0.5) is 5.69 Å². The number of fused-ring (bicyclic) bond motifs is 1. The molecule has 0 aliphatic carbocycles. The monoisotopic (exact) mass is 398 g/mol. The highest BCUT2D eigenvalue weighted by Crippen LogP contribution is 2.38. The summed E-state index contributed by atoms with van der Waals surface area (Å²) in [5.41, 5.74) is 4.76. The van der Waals surface area contributed by atoms with Crippen LogP contribution in [0.5, 0.6) is 0 Å². The summed E-state index contributed by atoms with van der Waals surface area (Å²) in [5.74, 6) is 0. The van der Waals surface area contributed by atoms with E-state index >= 15 is 0 Å². The van der Waals surface area contributed by atoms with Crippen molar-refractivity contribution in [1.82, 2.24) is 0 Å². The second-order valence-corrected chi connectivity index (χ2v) is 9.57. The fraction of sp³-hybridized carbons (Fsp3) is 0.435. The minimum Gasteiger partial charge on any atom is -0.266 e. The van der Waals surface area contributed by atoms with E-state index in [2.05, 4.69) is 39.8 Å².